The molecule has 0 aliphatic carbocycles. The van der Waals surface area contributed by atoms with E-state index in [9.17, 15) is 4.79 Å². The van der Waals surface area contributed by atoms with Crippen LogP contribution in [-0.4, -0.2) is 18.4 Å². The molecule has 0 unspecified atom stereocenters. The molecule has 0 spiro atoms. The molecule has 2 aromatic rings. The molecular formula is C20H24N4O. The van der Waals surface area contributed by atoms with Crippen LogP contribution < -0.4 is 16.0 Å². The van der Waals surface area contributed by atoms with E-state index in [0.717, 1.165) is 36.3 Å². The summed E-state index contributed by atoms with van der Waals surface area (Å²) in [6.45, 7) is 3.34. The number of amides is 1. The number of nitrogens with zero attached hydrogens (tertiary/aromatic N) is 2. The molecule has 1 aliphatic rings. The largest absolute Gasteiger partial charge is 0.370 e. The molecule has 1 heterocycles. The van der Waals surface area contributed by atoms with Gasteiger partial charge >= 0.3 is 0 Å². The van der Waals surface area contributed by atoms with E-state index in [2.05, 4.69) is 10.3 Å². The number of piperidine rings is 1. The summed E-state index contributed by atoms with van der Waals surface area (Å²) in [5, 5.41) is 3.10. The fraction of sp³-hybridized carbons (Fsp3) is 0.300. The van der Waals surface area contributed by atoms with Crippen LogP contribution in [0.4, 0.5) is 11.4 Å². The number of carbonyl (C=O) groups excluding carboxylic acids is 1. The first kappa shape index (κ1) is 17.0. The van der Waals surface area contributed by atoms with Gasteiger partial charge in [0.25, 0.3) is 0 Å². The molecule has 0 aromatic heterocycles. The highest BCUT2D eigenvalue weighted by atomic mass is 16.2. The van der Waals surface area contributed by atoms with Gasteiger partial charge in [-0.3, -0.25) is 4.79 Å². The average molecular weight is 336 g/mol. The van der Waals surface area contributed by atoms with Gasteiger partial charge < -0.3 is 16.0 Å². The van der Waals surface area contributed by atoms with E-state index < -0.39 is 0 Å². The number of hydrogen-bond acceptors (Lipinski definition) is 2. The van der Waals surface area contributed by atoms with Gasteiger partial charge in [0, 0.05) is 24.3 Å². The Morgan fingerprint density at radius 1 is 1.20 bits per heavy atom. The van der Waals surface area contributed by atoms with E-state index in [4.69, 9.17) is 5.73 Å². The zero-order valence-electron chi connectivity index (χ0n) is 14.5. The van der Waals surface area contributed by atoms with Crippen LogP contribution in [0.5, 0.6) is 0 Å². The predicted octanol–water partition coefficient (Wildman–Crippen LogP) is 3.44. The first-order valence-corrected chi connectivity index (χ1v) is 8.65. The van der Waals surface area contributed by atoms with Gasteiger partial charge in [0.05, 0.1) is 6.54 Å². The van der Waals surface area contributed by atoms with Crippen molar-refractivity contribution in [1.82, 2.24) is 0 Å². The van der Waals surface area contributed by atoms with E-state index in [1.54, 1.807) is 0 Å². The van der Waals surface area contributed by atoms with E-state index in [0.29, 0.717) is 18.9 Å². The standard InChI is InChI=1S/C20H24N4O/c1-15-5-4-6-17(13-15)23-20(21)22-14-16-8-10-18(11-9-16)24-12-3-2-7-19(24)25/h4-6,8-11,13H,2-3,7,12,14H2,1H3,(H3,21,22,23). The van der Waals surface area contributed by atoms with Crippen molar-refractivity contribution in [3.8, 4) is 0 Å². The maximum Gasteiger partial charge on any atom is 0.226 e. The molecule has 1 amide bonds. The van der Waals surface area contributed by atoms with E-state index in [1.165, 1.54) is 5.56 Å². The number of benzene rings is 2. The fourth-order valence-electron chi connectivity index (χ4n) is 2.95. The van der Waals surface area contributed by atoms with Crippen LogP contribution in [0, 0.1) is 6.92 Å². The predicted molar refractivity (Wildman–Crippen MR) is 103 cm³/mol. The van der Waals surface area contributed by atoms with Gasteiger partial charge in [0.1, 0.15) is 0 Å². The minimum Gasteiger partial charge on any atom is -0.370 e. The minimum absolute atomic E-state index is 0.212. The topological polar surface area (TPSA) is 70.7 Å². The zero-order chi connectivity index (χ0) is 17.6. The van der Waals surface area contributed by atoms with Crippen molar-refractivity contribution in [3.63, 3.8) is 0 Å². The summed E-state index contributed by atoms with van der Waals surface area (Å²) in [4.78, 5) is 18.2. The summed E-state index contributed by atoms with van der Waals surface area (Å²) >= 11 is 0. The number of nitrogens with two attached hydrogens (primary N) is 1. The second kappa shape index (κ2) is 7.83. The van der Waals surface area contributed by atoms with Crippen molar-refractivity contribution in [2.24, 2.45) is 10.7 Å². The normalized spacial score (nSPS) is 15.3. The Kier molecular flexibility index (Phi) is 5.33. The van der Waals surface area contributed by atoms with Gasteiger partial charge in [-0.2, -0.15) is 0 Å². The van der Waals surface area contributed by atoms with Crippen LogP contribution in [0.1, 0.15) is 30.4 Å². The van der Waals surface area contributed by atoms with Gasteiger partial charge in [0.15, 0.2) is 5.96 Å². The Morgan fingerprint density at radius 3 is 2.72 bits per heavy atom. The van der Waals surface area contributed by atoms with E-state index in [1.807, 2.05) is 60.4 Å². The summed E-state index contributed by atoms with van der Waals surface area (Å²) < 4.78 is 0. The van der Waals surface area contributed by atoms with Crippen molar-refractivity contribution >= 4 is 23.2 Å². The quantitative estimate of drug-likeness (QED) is 0.664. The Bertz CT molecular complexity index is 768. The number of aryl methyl sites for hydroxylation is 1. The molecular weight excluding hydrogens is 312 g/mol. The Hall–Kier alpha value is -2.82. The van der Waals surface area contributed by atoms with Crippen molar-refractivity contribution in [1.29, 1.82) is 0 Å². The number of anilines is 2. The number of nitrogens with one attached hydrogen (secondary N) is 1. The highest BCUT2D eigenvalue weighted by molar-refractivity contribution is 5.94. The van der Waals surface area contributed by atoms with Gasteiger partial charge in [-0.1, -0.05) is 24.3 Å². The molecule has 1 saturated heterocycles. The fourth-order valence-corrected chi connectivity index (χ4v) is 2.95. The van der Waals surface area contributed by atoms with Crippen molar-refractivity contribution in [2.75, 3.05) is 16.8 Å². The molecule has 130 valence electrons. The van der Waals surface area contributed by atoms with Crippen LogP contribution >= 0.6 is 0 Å². The minimum atomic E-state index is 0.212. The number of hydrogen-bond donors (Lipinski definition) is 2. The highest BCUT2D eigenvalue weighted by Crippen LogP contribution is 2.21. The third kappa shape index (κ3) is 4.59. The first-order chi connectivity index (χ1) is 12.1. The molecule has 3 N–H and O–H groups in total. The monoisotopic (exact) mass is 336 g/mol. The van der Waals surface area contributed by atoms with Gasteiger partial charge in [-0.25, -0.2) is 4.99 Å². The number of rotatable bonds is 4. The molecule has 3 rings (SSSR count). The molecule has 0 atom stereocenters. The Labute approximate surface area is 148 Å². The second-order valence-electron chi connectivity index (χ2n) is 6.36. The van der Waals surface area contributed by atoms with Crippen molar-refractivity contribution < 1.29 is 4.79 Å². The number of guanidine groups is 1. The Morgan fingerprint density at radius 2 is 2.00 bits per heavy atom. The Balaban J connectivity index is 1.60. The summed E-state index contributed by atoms with van der Waals surface area (Å²) in [6.07, 6.45) is 2.71. The molecule has 2 aromatic carbocycles. The van der Waals surface area contributed by atoms with Crippen LogP contribution in [0.3, 0.4) is 0 Å². The van der Waals surface area contributed by atoms with Crippen LogP contribution in [0.2, 0.25) is 0 Å². The molecule has 25 heavy (non-hydrogen) atoms. The van der Waals surface area contributed by atoms with E-state index in [-0.39, 0.29) is 5.91 Å². The molecule has 1 fully saturated rings. The summed E-state index contributed by atoms with van der Waals surface area (Å²) in [5.41, 5.74) is 10.1. The lowest BCUT2D eigenvalue weighted by molar-refractivity contribution is -0.119. The molecule has 0 radical (unpaired) electrons. The van der Waals surface area contributed by atoms with Gasteiger partial charge in [0.2, 0.25) is 5.91 Å². The third-order valence-electron chi connectivity index (χ3n) is 4.29. The molecule has 5 nitrogen and oxygen atoms in total. The highest BCUT2D eigenvalue weighted by Gasteiger charge is 2.19. The molecule has 0 bridgehead atoms. The summed E-state index contributed by atoms with van der Waals surface area (Å²) in [7, 11) is 0. The lowest BCUT2D eigenvalue weighted by Crippen LogP contribution is -2.35. The van der Waals surface area contributed by atoms with Gasteiger partial charge in [-0.15, -0.1) is 0 Å². The van der Waals surface area contributed by atoms with Crippen molar-refractivity contribution in [2.45, 2.75) is 32.7 Å². The van der Waals surface area contributed by atoms with Gasteiger partial charge in [-0.05, 0) is 55.2 Å². The average Bonchev–Trinajstić information content (AvgIpc) is 2.61. The maximum absolute atomic E-state index is 12.0. The summed E-state index contributed by atoms with van der Waals surface area (Å²) in [6, 6.07) is 16.0. The maximum atomic E-state index is 12.0. The lowest BCUT2D eigenvalue weighted by Gasteiger charge is -2.26. The molecule has 0 saturated carbocycles. The van der Waals surface area contributed by atoms with Crippen LogP contribution in [-0.2, 0) is 11.3 Å². The molecule has 5 heteroatoms. The van der Waals surface area contributed by atoms with Crippen LogP contribution in [0.25, 0.3) is 0 Å². The third-order valence-corrected chi connectivity index (χ3v) is 4.29. The number of aliphatic imine (C=N–C) groups is 1. The van der Waals surface area contributed by atoms with Crippen molar-refractivity contribution in [3.05, 3.63) is 59.7 Å². The lowest BCUT2D eigenvalue weighted by atomic mass is 10.1. The van der Waals surface area contributed by atoms with Crippen LogP contribution in [0.15, 0.2) is 53.5 Å². The SMILES string of the molecule is Cc1cccc(NC(N)=NCc2ccc(N3CCCCC3=O)cc2)c1. The molecule has 1 aliphatic heterocycles. The number of carbonyl (C=O) groups is 1. The second-order valence-corrected chi connectivity index (χ2v) is 6.36. The zero-order valence-corrected chi connectivity index (χ0v) is 14.5. The first-order valence-electron chi connectivity index (χ1n) is 8.65. The smallest absolute Gasteiger partial charge is 0.226 e. The summed E-state index contributed by atoms with van der Waals surface area (Å²) in [5.74, 6) is 0.601. The van der Waals surface area contributed by atoms with E-state index >= 15 is 0 Å².